The summed E-state index contributed by atoms with van der Waals surface area (Å²) in [5.41, 5.74) is 1.83. The number of nitrogens with zero attached hydrogens (tertiary/aromatic N) is 1. The summed E-state index contributed by atoms with van der Waals surface area (Å²) < 4.78 is 10.8. The van der Waals surface area contributed by atoms with Crippen molar-refractivity contribution in [2.24, 2.45) is 0 Å². The van der Waals surface area contributed by atoms with E-state index >= 15 is 0 Å². The van der Waals surface area contributed by atoms with Gasteiger partial charge in [-0.15, -0.1) is 0 Å². The standard InChI is InChI=1S/C10H8N2O2/c1-2-13-9-4-7-8(12-6-11-7)5-10(9)14-3-1/h1-2,4-6H,3H2,(H,11,12). The van der Waals surface area contributed by atoms with Crippen molar-refractivity contribution in [3.8, 4) is 11.5 Å². The highest BCUT2D eigenvalue weighted by atomic mass is 16.5. The summed E-state index contributed by atoms with van der Waals surface area (Å²) in [6, 6.07) is 3.75. The van der Waals surface area contributed by atoms with Crippen molar-refractivity contribution in [2.75, 3.05) is 6.61 Å². The van der Waals surface area contributed by atoms with Crippen LogP contribution < -0.4 is 9.47 Å². The maximum Gasteiger partial charge on any atom is 0.170 e. The molecule has 0 saturated carbocycles. The van der Waals surface area contributed by atoms with E-state index in [0.29, 0.717) is 6.61 Å². The molecule has 2 aromatic rings. The first-order valence-corrected chi connectivity index (χ1v) is 4.35. The average molecular weight is 188 g/mol. The lowest BCUT2D eigenvalue weighted by molar-refractivity contribution is 0.357. The highest BCUT2D eigenvalue weighted by Crippen LogP contribution is 2.32. The molecule has 0 amide bonds. The van der Waals surface area contributed by atoms with Crippen molar-refractivity contribution in [3.63, 3.8) is 0 Å². The molecule has 0 spiro atoms. The predicted molar refractivity (Wildman–Crippen MR) is 51.4 cm³/mol. The molecule has 0 unspecified atom stereocenters. The molecule has 0 aliphatic carbocycles. The van der Waals surface area contributed by atoms with Gasteiger partial charge in [-0.2, -0.15) is 0 Å². The van der Waals surface area contributed by atoms with Gasteiger partial charge in [-0.25, -0.2) is 4.98 Å². The van der Waals surface area contributed by atoms with Crippen molar-refractivity contribution in [1.82, 2.24) is 9.97 Å². The van der Waals surface area contributed by atoms with Crippen LogP contribution in [0.25, 0.3) is 11.0 Å². The molecule has 1 aromatic carbocycles. The Labute approximate surface area is 80.2 Å². The predicted octanol–water partition coefficient (Wildman–Crippen LogP) is 1.85. The van der Waals surface area contributed by atoms with Crippen molar-refractivity contribution in [3.05, 3.63) is 30.8 Å². The molecule has 1 aromatic heterocycles. The summed E-state index contributed by atoms with van der Waals surface area (Å²) in [4.78, 5) is 7.17. The van der Waals surface area contributed by atoms with Crippen LogP contribution in [0.4, 0.5) is 0 Å². The zero-order valence-corrected chi connectivity index (χ0v) is 7.36. The Kier molecular flexibility index (Phi) is 1.47. The number of hydrogen-bond donors (Lipinski definition) is 1. The van der Waals surface area contributed by atoms with Crippen LogP contribution in [0.1, 0.15) is 0 Å². The topological polar surface area (TPSA) is 47.1 Å². The molecule has 4 heteroatoms. The van der Waals surface area contributed by atoms with Crippen LogP contribution in [0.3, 0.4) is 0 Å². The minimum atomic E-state index is 0.531. The minimum absolute atomic E-state index is 0.531. The molecular formula is C10H8N2O2. The van der Waals surface area contributed by atoms with Crippen LogP contribution in [-0.4, -0.2) is 16.6 Å². The molecule has 14 heavy (non-hydrogen) atoms. The molecule has 0 bridgehead atoms. The maximum absolute atomic E-state index is 5.46. The van der Waals surface area contributed by atoms with Crippen LogP contribution in [0, 0.1) is 0 Å². The molecular weight excluding hydrogens is 180 g/mol. The lowest BCUT2D eigenvalue weighted by atomic mass is 10.3. The van der Waals surface area contributed by atoms with E-state index in [-0.39, 0.29) is 0 Å². The van der Waals surface area contributed by atoms with Gasteiger partial charge >= 0.3 is 0 Å². The van der Waals surface area contributed by atoms with Gasteiger partial charge in [-0.3, -0.25) is 0 Å². The van der Waals surface area contributed by atoms with Gasteiger partial charge in [0.05, 0.1) is 23.6 Å². The van der Waals surface area contributed by atoms with Gasteiger partial charge in [0.15, 0.2) is 11.5 Å². The Morgan fingerprint density at radius 3 is 3.29 bits per heavy atom. The fourth-order valence-electron chi connectivity index (χ4n) is 1.45. The van der Waals surface area contributed by atoms with Crippen molar-refractivity contribution in [2.45, 2.75) is 0 Å². The fraction of sp³-hybridized carbons (Fsp3) is 0.100. The largest absolute Gasteiger partial charge is 0.485 e. The van der Waals surface area contributed by atoms with Gasteiger partial charge in [0.25, 0.3) is 0 Å². The van der Waals surface area contributed by atoms with Crippen LogP contribution in [-0.2, 0) is 0 Å². The molecule has 2 heterocycles. The zero-order valence-electron chi connectivity index (χ0n) is 7.36. The van der Waals surface area contributed by atoms with E-state index in [2.05, 4.69) is 9.97 Å². The highest BCUT2D eigenvalue weighted by Gasteiger charge is 2.09. The third kappa shape index (κ3) is 1.04. The highest BCUT2D eigenvalue weighted by molar-refractivity contribution is 5.79. The van der Waals surface area contributed by atoms with Crippen molar-refractivity contribution < 1.29 is 9.47 Å². The van der Waals surface area contributed by atoms with E-state index < -0.39 is 0 Å². The molecule has 0 fully saturated rings. The third-order valence-corrected chi connectivity index (χ3v) is 2.11. The number of H-pyrrole nitrogens is 1. The first-order chi connectivity index (χ1) is 6.93. The Bertz CT molecular complexity index is 502. The Morgan fingerprint density at radius 2 is 2.29 bits per heavy atom. The second-order valence-electron chi connectivity index (χ2n) is 3.02. The number of imidazole rings is 1. The van der Waals surface area contributed by atoms with Crippen molar-refractivity contribution in [1.29, 1.82) is 0 Å². The number of benzene rings is 1. The third-order valence-electron chi connectivity index (χ3n) is 2.11. The smallest absolute Gasteiger partial charge is 0.170 e. The monoisotopic (exact) mass is 188 g/mol. The Morgan fingerprint density at radius 1 is 1.29 bits per heavy atom. The minimum Gasteiger partial charge on any atom is -0.485 e. The molecule has 1 aliphatic rings. The molecule has 1 N–H and O–H groups in total. The number of aromatic nitrogens is 2. The van der Waals surface area contributed by atoms with Crippen LogP contribution in [0.5, 0.6) is 11.5 Å². The van der Waals surface area contributed by atoms with Gasteiger partial charge in [-0.05, 0) is 6.08 Å². The lowest BCUT2D eigenvalue weighted by Gasteiger charge is -2.05. The van der Waals surface area contributed by atoms with Crippen LogP contribution in [0.15, 0.2) is 30.8 Å². The summed E-state index contributed by atoms with van der Waals surface area (Å²) in [6.45, 7) is 0.531. The van der Waals surface area contributed by atoms with Crippen LogP contribution in [0.2, 0.25) is 0 Å². The summed E-state index contributed by atoms with van der Waals surface area (Å²) in [5, 5.41) is 0. The van der Waals surface area contributed by atoms with E-state index in [1.54, 1.807) is 12.6 Å². The van der Waals surface area contributed by atoms with Crippen molar-refractivity contribution >= 4 is 11.0 Å². The summed E-state index contributed by atoms with van der Waals surface area (Å²) in [6.07, 6.45) is 5.11. The van der Waals surface area contributed by atoms with E-state index in [1.165, 1.54) is 0 Å². The van der Waals surface area contributed by atoms with Crippen LogP contribution >= 0.6 is 0 Å². The van der Waals surface area contributed by atoms with E-state index in [4.69, 9.17) is 9.47 Å². The van der Waals surface area contributed by atoms with Gasteiger partial charge in [0.1, 0.15) is 6.61 Å². The molecule has 3 rings (SSSR count). The number of aromatic amines is 1. The molecule has 1 aliphatic heterocycles. The lowest BCUT2D eigenvalue weighted by Crippen LogP contribution is -1.91. The fourth-order valence-corrected chi connectivity index (χ4v) is 1.45. The number of rotatable bonds is 0. The number of nitrogens with one attached hydrogen (secondary N) is 1. The zero-order chi connectivity index (χ0) is 9.38. The summed E-state index contributed by atoms with van der Waals surface area (Å²) in [5.74, 6) is 1.45. The number of ether oxygens (including phenoxy) is 2. The maximum atomic E-state index is 5.46. The number of hydrogen-bond acceptors (Lipinski definition) is 3. The van der Waals surface area contributed by atoms with Gasteiger partial charge < -0.3 is 14.5 Å². The average Bonchev–Trinajstić information content (AvgIpc) is 2.51. The molecule has 4 nitrogen and oxygen atoms in total. The second-order valence-corrected chi connectivity index (χ2v) is 3.02. The SMILES string of the molecule is C1=COc2cc3[nH]cnc3cc2OC1. The van der Waals surface area contributed by atoms with Gasteiger partial charge in [0, 0.05) is 12.1 Å². The Hall–Kier alpha value is -1.97. The van der Waals surface area contributed by atoms with E-state index in [9.17, 15) is 0 Å². The Balaban J connectivity index is 2.23. The summed E-state index contributed by atoms with van der Waals surface area (Å²) in [7, 11) is 0. The first-order valence-electron chi connectivity index (χ1n) is 4.35. The normalized spacial score (nSPS) is 14.3. The molecule has 0 atom stereocenters. The second kappa shape index (κ2) is 2.77. The molecule has 0 saturated heterocycles. The van der Waals surface area contributed by atoms with Gasteiger partial charge in [0.2, 0.25) is 0 Å². The number of fused-ring (bicyclic) bond motifs is 2. The molecule has 0 radical (unpaired) electrons. The van der Waals surface area contributed by atoms with E-state index in [0.717, 1.165) is 22.5 Å². The van der Waals surface area contributed by atoms with Gasteiger partial charge in [-0.1, -0.05) is 0 Å². The summed E-state index contributed by atoms with van der Waals surface area (Å²) >= 11 is 0. The van der Waals surface area contributed by atoms with E-state index in [1.807, 2.05) is 18.2 Å². The quantitative estimate of drug-likeness (QED) is 0.686. The molecule has 70 valence electrons. The first kappa shape index (κ1) is 7.44.